The minimum atomic E-state index is -0.429. The molecule has 1 aliphatic heterocycles. The number of carbonyl (C=O) groups excluding carboxylic acids is 1. The van der Waals surface area contributed by atoms with Gasteiger partial charge in [0.15, 0.2) is 0 Å². The van der Waals surface area contributed by atoms with E-state index in [0.717, 1.165) is 29.3 Å². The number of benzene rings is 1. The first-order valence-corrected chi connectivity index (χ1v) is 9.11. The first-order valence-electron chi connectivity index (χ1n) is 9.11. The molecule has 0 bridgehead atoms. The number of H-pyrrole nitrogens is 1. The topological polar surface area (TPSA) is 75.3 Å². The molecule has 1 aliphatic rings. The molecule has 3 heterocycles. The Morgan fingerprint density at radius 1 is 1.22 bits per heavy atom. The molecule has 0 aliphatic carbocycles. The van der Waals surface area contributed by atoms with Crippen molar-refractivity contribution in [3.8, 4) is 0 Å². The Morgan fingerprint density at radius 3 is 2.89 bits per heavy atom. The van der Waals surface area contributed by atoms with Crippen molar-refractivity contribution in [2.24, 2.45) is 0 Å². The highest BCUT2D eigenvalue weighted by Crippen LogP contribution is 2.19. The maximum Gasteiger partial charge on any atom is 0.253 e. The molecule has 1 aromatic carbocycles. The van der Waals surface area contributed by atoms with E-state index in [1.54, 1.807) is 17.3 Å². The van der Waals surface area contributed by atoms with E-state index in [9.17, 15) is 9.59 Å². The molecule has 0 saturated carbocycles. The quantitative estimate of drug-likeness (QED) is 0.756. The number of nitrogens with one attached hydrogen (secondary N) is 1. The van der Waals surface area contributed by atoms with Crippen molar-refractivity contribution < 1.29 is 9.53 Å². The summed E-state index contributed by atoms with van der Waals surface area (Å²) in [6, 6.07) is 13.2. The van der Waals surface area contributed by atoms with Crippen LogP contribution in [0.4, 0.5) is 0 Å². The first-order chi connectivity index (χ1) is 13.2. The van der Waals surface area contributed by atoms with Gasteiger partial charge in [-0.3, -0.25) is 14.6 Å². The number of nitrogens with zero attached hydrogens (tertiary/aromatic N) is 2. The van der Waals surface area contributed by atoms with Gasteiger partial charge < -0.3 is 14.6 Å². The van der Waals surface area contributed by atoms with Gasteiger partial charge in [-0.2, -0.15) is 0 Å². The second-order valence-corrected chi connectivity index (χ2v) is 6.77. The molecule has 1 unspecified atom stereocenters. The highest BCUT2D eigenvalue weighted by atomic mass is 16.5. The van der Waals surface area contributed by atoms with E-state index in [1.807, 2.05) is 42.5 Å². The van der Waals surface area contributed by atoms with Crippen LogP contribution in [0.15, 0.2) is 59.7 Å². The monoisotopic (exact) mass is 363 g/mol. The maximum absolute atomic E-state index is 13.0. The van der Waals surface area contributed by atoms with E-state index in [4.69, 9.17) is 4.74 Å². The number of amides is 1. The fraction of sp³-hybridized carbons (Fsp3) is 0.286. The fourth-order valence-electron chi connectivity index (χ4n) is 3.42. The molecule has 1 saturated heterocycles. The Balaban J connectivity index is 1.64. The zero-order chi connectivity index (χ0) is 18.6. The molecule has 0 spiro atoms. The summed E-state index contributed by atoms with van der Waals surface area (Å²) >= 11 is 0. The van der Waals surface area contributed by atoms with Crippen molar-refractivity contribution in [1.82, 2.24) is 14.9 Å². The van der Waals surface area contributed by atoms with Crippen LogP contribution in [0.2, 0.25) is 0 Å². The van der Waals surface area contributed by atoms with Gasteiger partial charge in [-0.15, -0.1) is 0 Å². The molecule has 138 valence electrons. The minimum Gasteiger partial charge on any atom is -0.368 e. The van der Waals surface area contributed by atoms with Gasteiger partial charge in [-0.25, -0.2) is 0 Å². The lowest BCUT2D eigenvalue weighted by atomic mass is 10.1. The summed E-state index contributed by atoms with van der Waals surface area (Å²) in [4.78, 5) is 34.2. The minimum absolute atomic E-state index is 0.0797. The third kappa shape index (κ3) is 3.90. The smallest absolute Gasteiger partial charge is 0.253 e. The zero-order valence-corrected chi connectivity index (χ0v) is 14.9. The standard InChI is InChI=1S/C21H21N3O3/c25-20-17(11-16-6-1-2-7-18(16)23-20)14-24(13-15-5-3-9-22-12-15)21(26)19-8-4-10-27-19/h1-3,5-7,9,11-12,19H,4,8,10,13-14H2,(H,23,25). The Labute approximate surface area is 156 Å². The van der Waals surface area contributed by atoms with Crippen LogP contribution in [0.25, 0.3) is 10.9 Å². The van der Waals surface area contributed by atoms with Crippen molar-refractivity contribution in [2.75, 3.05) is 6.61 Å². The zero-order valence-electron chi connectivity index (χ0n) is 14.9. The molecule has 6 nitrogen and oxygen atoms in total. The van der Waals surface area contributed by atoms with E-state index in [-0.39, 0.29) is 18.0 Å². The molecule has 0 radical (unpaired) electrons. The summed E-state index contributed by atoms with van der Waals surface area (Å²) in [6.07, 6.45) is 4.61. The first kappa shape index (κ1) is 17.4. The van der Waals surface area contributed by atoms with Gasteiger partial charge >= 0.3 is 0 Å². The van der Waals surface area contributed by atoms with Crippen molar-refractivity contribution in [1.29, 1.82) is 0 Å². The third-order valence-electron chi connectivity index (χ3n) is 4.80. The van der Waals surface area contributed by atoms with Gasteiger partial charge in [0.2, 0.25) is 0 Å². The molecule has 6 heteroatoms. The third-order valence-corrected chi connectivity index (χ3v) is 4.80. The Bertz CT molecular complexity index is 994. The van der Waals surface area contributed by atoms with Crippen LogP contribution in [0.5, 0.6) is 0 Å². The number of hydrogen-bond donors (Lipinski definition) is 1. The van der Waals surface area contributed by atoms with Crippen LogP contribution >= 0.6 is 0 Å². The lowest BCUT2D eigenvalue weighted by molar-refractivity contribution is -0.142. The predicted molar refractivity (Wildman–Crippen MR) is 102 cm³/mol. The largest absolute Gasteiger partial charge is 0.368 e. The molecule has 4 rings (SSSR count). The van der Waals surface area contributed by atoms with E-state index in [2.05, 4.69) is 9.97 Å². The van der Waals surface area contributed by atoms with Crippen LogP contribution in [-0.4, -0.2) is 33.5 Å². The molecule has 27 heavy (non-hydrogen) atoms. The average molecular weight is 363 g/mol. The predicted octanol–water partition coefficient (Wildman–Crippen LogP) is 2.63. The second kappa shape index (κ2) is 7.72. The Hall–Kier alpha value is -2.99. The van der Waals surface area contributed by atoms with Crippen LogP contribution in [0.1, 0.15) is 24.0 Å². The molecule has 1 fully saturated rings. The number of pyridine rings is 2. The molecule has 1 N–H and O–H groups in total. The Morgan fingerprint density at radius 2 is 2.11 bits per heavy atom. The molecule has 3 aromatic rings. The Kier molecular flexibility index (Phi) is 4.98. The number of carbonyl (C=O) groups is 1. The highest BCUT2D eigenvalue weighted by molar-refractivity contribution is 5.82. The lowest BCUT2D eigenvalue weighted by Gasteiger charge is -2.25. The van der Waals surface area contributed by atoms with Crippen molar-refractivity contribution in [3.05, 3.63) is 76.3 Å². The summed E-state index contributed by atoms with van der Waals surface area (Å²) < 4.78 is 5.58. The number of aromatic nitrogens is 2. The van der Waals surface area contributed by atoms with Gasteiger partial charge in [-0.05, 0) is 42.0 Å². The van der Waals surface area contributed by atoms with E-state index in [1.165, 1.54) is 0 Å². The maximum atomic E-state index is 13.0. The fourth-order valence-corrected chi connectivity index (χ4v) is 3.42. The number of fused-ring (bicyclic) bond motifs is 1. The van der Waals surface area contributed by atoms with Gasteiger partial charge in [0.1, 0.15) is 6.10 Å². The van der Waals surface area contributed by atoms with Crippen LogP contribution in [-0.2, 0) is 22.6 Å². The van der Waals surface area contributed by atoms with Gasteiger partial charge in [0.25, 0.3) is 11.5 Å². The number of aromatic amines is 1. The summed E-state index contributed by atoms with van der Waals surface area (Å²) in [5.74, 6) is -0.0797. The van der Waals surface area contributed by atoms with Gasteiger partial charge in [-0.1, -0.05) is 24.3 Å². The summed E-state index contributed by atoms with van der Waals surface area (Å²) in [5, 5.41) is 0.943. The van der Waals surface area contributed by atoms with E-state index < -0.39 is 6.10 Å². The van der Waals surface area contributed by atoms with Crippen LogP contribution < -0.4 is 5.56 Å². The van der Waals surface area contributed by atoms with Crippen LogP contribution in [0.3, 0.4) is 0 Å². The SMILES string of the molecule is O=C(C1CCCO1)N(Cc1cccnc1)Cc1cc2ccccc2[nH]c1=O. The van der Waals surface area contributed by atoms with Crippen molar-refractivity contribution >= 4 is 16.8 Å². The lowest BCUT2D eigenvalue weighted by Crippen LogP contribution is -2.39. The van der Waals surface area contributed by atoms with E-state index >= 15 is 0 Å². The van der Waals surface area contributed by atoms with Gasteiger partial charge in [0, 0.05) is 36.6 Å². The molecule has 1 amide bonds. The number of hydrogen-bond acceptors (Lipinski definition) is 4. The summed E-state index contributed by atoms with van der Waals surface area (Å²) in [7, 11) is 0. The van der Waals surface area contributed by atoms with E-state index in [0.29, 0.717) is 18.7 Å². The molecular weight excluding hydrogens is 342 g/mol. The van der Waals surface area contributed by atoms with Crippen LogP contribution in [0, 0.1) is 0 Å². The van der Waals surface area contributed by atoms with Crippen molar-refractivity contribution in [2.45, 2.75) is 32.0 Å². The molecular formula is C21H21N3O3. The number of rotatable bonds is 5. The highest BCUT2D eigenvalue weighted by Gasteiger charge is 2.29. The summed E-state index contributed by atoms with van der Waals surface area (Å²) in [5.41, 5.74) is 2.09. The second-order valence-electron chi connectivity index (χ2n) is 6.77. The number of ether oxygens (including phenoxy) is 1. The van der Waals surface area contributed by atoms with Gasteiger partial charge in [0.05, 0.1) is 6.54 Å². The molecule has 1 atom stereocenters. The average Bonchev–Trinajstić information content (AvgIpc) is 3.23. The normalized spacial score (nSPS) is 16.5. The summed E-state index contributed by atoms with van der Waals surface area (Å²) in [6.45, 7) is 1.22. The molecule has 2 aromatic heterocycles. The van der Waals surface area contributed by atoms with Crippen molar-refractivity contribution in [3.63, 3.8) is 0 Å². The number of para-hydroxylation sites is 1.